The Kier molecular flexibility index (Phi) is 4.89. The molecule has 1 heterocycles. The van der Waals surface area contributed by atoms with Gasteiger partial charge in [0.05, 0.1) is 11.3 Å². The monoisotopic (exact) mass is 311 g/mol. The Morgan fingerprint density at radius 2 is 2.05 bits per heavy atom. The van der Waals surface area contributed by atoms with Crippen LogP contribution in [0.15, 0.2) is 18.2 Å². The molecular weight excluding hydrogens is 298 g/mol. The van der Waals surface area contributed by atoms with Gasteiger partial charge in [-0.2, -0.15) is 36.7 Å². The van der Waals surface area contributed by atoms with Crippen LogP contribution < -0.4 is 5.32 Å². The summed E-state index contributed by atoms with van der Waals surface area (Å²) < 4.78 is 50.7. The Morgan fingerprint density at radius 1 is 1.26 bits per heavy atom. The molecule has 1 aromatic rings. The summed E-state index contributed by atoms with van der Waals surface area (Å²) in [4.78, 5) is 0. The zero-order valence-electron chi connectivity index (χ0n) is 9.97. The third kappa shape index (κ3) is 4.21. The first-order valence-corrected chi connectivity index (χ1v) is 7.97. The summed E-state index contributed by atoms with van der Waals surface area (Å²) in [5.74, 6) is 2.31. The first kappa shape index (κ1) is 14.8. The van der Waals surface area contributed by atoms with Gasteiger partial charge in [-0.3, -0.25) is 0 Å². The molecule has 1 unspecified atom stereocenters. The van der Waals surface area contributed by atoms with E-state index >= 15 is 0 Å². The number of hydrogen-bond acceptors (Lipinski definition) is 3. The molecular formula is C12H13F4NS2. The van der Waals surface area contributed by atoms with Gasteiger partial charge in [-0.1, -0.05) is 0 Å². The fourth-order valence-corrected chi connectivity index (χ4v) is 4.32. The highest BCUT2D eigenvalue weighted by Crippen LogP contribution is 2.31. The van der Waals surface area contributed by atoms with E-state index < -0.39 is 17.6 Å². The van der Waals surface area contributed by atoms with Crippen LogP contribution in [0.3, 0.4) is 0 Å². The fourth-order valence-electron chi connectivity index (χ4n) is 1.71. The number of anilines is 1. The molecule has 1 atom stereocenters. The SMILES string of the molecule is Fc1cc(C(F)(F)F)ccc1NCC1CSCCS1. The Balaban J connectivity index is 1.97. The summed E-state index contributed by atoms with van der Waals surface area (Å²) in [6.07, 6.45) is -4.50. The molecule has 0 amide bonds. The second-order valence-electron chi connectivity index (χ2n) is 4.14. The van der Waals surface area contributed by atoms with Crippen molar-refractivity contribution >= 4 is 29.2 Å². The second kappa shape index (κ2) is 6.26. The molecule has 0 radical (unpaired) electrons. The Morgan fingerprint density at radius 3 is 2.63 bits per heavy atom. The Bertz CT molecular complexity index is 430. The molecule has 0 aliphatic carbocycles. The largest absolute Gasteiger partial charge is 0.416 e. The highest BCUT2D eigenvalue weighted by atomic mass is 32.2. The average Bonchev–Trinajstić information content (AvgIpc) is 2.37. The summed E-state index contributed by atoms with van der Waals surface area (Å²) in [6.45, 7) is 0.569. The van der Waals surface area contributed by atoms with Crippen LogP contribution in [0.2, 0.25) is 0 Å². The highest BCUT2D eigenvalue weighted by molar-refractivity contribution is 8.06. The minimum absolute atomic E-state index is 0.129. The normalized spacial score (nSPS) is 20.3. The molecule has 0 aromatic heterocycles. The molecule has 7 heteroatoms. The van der Waals surface area contributed by atoms with Crippen LogP contribution in [0, 0.1) is 5.82 Å². The van der Waals surface area contributed by atoms with Crippen LogP contribution in [0.5, 0.6) is 0 Å². The molecule has 0 spiro atoms. The van der Waals surface area contributed by atoms with Crippen molar-refractivity contribution in [3.05, 3.63) is 29.6 Å². The lowest BCUT2D eigenvalue weighted by Crippen LogP contribution is -2.23. The van der Waals surface area contributed by atoms with E-state index in [0.29, 0.717) is 17.9 Å². The number of benzene rings is 1. The lowest BCUT2D eigenvalue weighted by Gasteiger charge is -2.22. The van der Waals surface area contributed by atoms with Crippen molar-refractivity contribution in [2.24, 2.45) is 0 Å². The van der Waals surface area contributed by atoms with E-state index in [1.165, 1.54) is 0 Å². The van der Waals surface area contributed by atoms with Crippen LogP contribution in [0.1, 0.15) is 5.56 Å². The van der Waals surface area contributed by atoms with E-state index in [9.17, 15) is 17.6 Å². The summed E-state index contributed by atoms with van der Waals surface area (Å²) >= 11 is 3.65. The van der Waals surface area contributed by atoms with E-state index in [1.807, 2.05) is 23.5 Å². The van der Waals surface area contributed by atoms with E-state index in [1.54, 1.807) is 0 Å². The molecule has 1 aromatic carbocycles. The van der Waals surface area contributed by atoms with Gasteiger partial charge < -0.3 is 5.32 Å². The summed E-state index contributed by atoms with van der Waals surface area (Å²) in [6, 6.07) is 2.58. The standard InChI is InChI=1S/C12H13F4NS2/c13-10-5-8(12(14,15)16)1-2-11(10)17-6-9-7-18-3-4-19-9/h1-2,5,9,17H,3-4,6-7H2. The van der Waals surface area contributed by atoms with Crippen molar-refractivity contribution < 1.29 is 17.6 Å². The van der Waals surface area contributed by atoms with Crippen molar-refractivity contribution in [2.75, 3.05) is 29.1 Å². The van der Waals surface area contributed by atoms with Crippen molar-refractivity contribution in [2.45, 2.75) is 11.4 Å². The number of thioether (sulfide) groups is 2. The molecule has 1 saturated heterocycles. The summed E-state index contributed by atoms with van der Waals surface area (Å²) in [5, 5.41) is 3.26. The molecule has 1 nitrogen and oxygen atoms in total. The van der Waals surface area contributed by atoms with E-state index in [4.69, 9.17) is 0 Å². The van der Waals surface area contributed by atoms with Crippen LogP contribution >= 0.6 is 23.5 Å². The second-order valence-corrected chi connectivity index (χ2v) is 6.70. The molecule has 0 bridgehead atoms. The number of rotatable bonds is 3. The molecule has 1 aliphatic rings. The number of alkyl halides is 3. The van der Waals surface area contributed by atoms with Crippen LogP contribution in [-0.4, -0.2) is 29.1 Å². The molecule has 0 saturated carbocycles. The average molecular weight is 311 g/mol. The topological polar surface area (TPSA) is 12.0 Å². The van der Waals surface area contributed by atoms with Crippen LogP contribution in [0.4, 0.5) is 23.2 Å². The van der Waals surface area contributed by atoms with Crippen molar-refractivity contribution in [1.29, 1.82) is 0 Å². The summed E-state index contributed by atoms with van der Waals surface area (Å²) in [5.41, 5.74) is -0.831. The smallest absolute Gasteiger partial charge is 0.382 e. The lowest BCUT2D eigenvalue weighted by atomic mass is 10.2. The van der Waals surface area contributed by atoms with Gasteiger partial charge in [0, 0.05) is 29.1 Å². The maximum Gasteiger partial charge on any atom is 0.416 e. The van der Waals surface area contributed by atoms with E-state index in [2.05, 4.69) is 5.32 Å². The number of halogens is 4. The van der Waals surface area contributed by atoms with Gasteiger partial charge in [0.25, 0.3) is 0 Å². The van der Waals surface area contributed by atoms with Gasteiger partial charge in [-0.15, -0.1) is 0 Å². The third-order valence-electron chi connectivity index (χ3n) is 2.70. The maximum atomic E-state index is 13.6. The van der Waals surface area contributed by atoms with Crippen LogP contribution in [0.25, 0.3) is 0 Å². The van der Waals surface area contributed by atoms with Gasteiger partial charge in [0.1, 0.15) is 5.82 Å². The molecule has 19 heavy (non-hydrogen) atoms. The minimum Gasteiger partial charge on any atom is -0.382 e. The fraction of sp³-hybridized carbons (Fsp3) is 0.500. The Labute approximate surface area is 117 Å². The van der Waals surface area contributed by atoms with E-state index in [-0.39, 0.29) is 5.69 Å². The quantitative estimate of drug-likeness (QED) is 0.844. The minimum atomic E-state index is -4.50. The van der Waals surface area contributed by atoms with E-state index in [0.717, 1.165) is 29.4 Å². The number of hydrogen-bond donors (Lipinski definition) is 1. The van der Waals surface area contributed by atoms with Gasteiger partial charge in [0.2, 0.25) is 0 Å². The first-order valence-electron chi connectivity index (χ1n) is 5.77. The molecule has 1 fully saturated rings. The zero-order chi connectivity index (χ0) is 13.9. The molecule has 1 aliphatic heterocycles. The lowest BCUT2D eigenvalue weighted by molar-refractivity contribution is -0.137. The van der Waals surface area contributed by atoms with Gasteiger partial charge in [-0.05, 0) is 18.2 Å². The molecule has 106 valence electrons. The molecule has 2 rings (SSSR count). The van der Waals surface area contributed by atoms with Crippen molar-refractivity contribution in [3.63, 3.8) is 0 Å². The number of nitrogens with one attached hydrogen (secondary N) is 1. The summed E-state index contributed by atoms with van der Waals surface area (Å²) in [7, 11) is 0. The van der Waals surface area contributed by atoms with Crippen LogP contribution in [-0.2, 0) is 6.18 Å². The van der Waals surface area contributed by atoms with Gasteiger partial charge in [-0.25, -0.2) is 4.39 Å². The first-order chi connectivity index (χ1) is 8.97. The van der Waals surface area contributed by atoms with Crippen molar-refractivity contribution in [1.82, 2.24) is 0 Å². The predicted molar refractivity (Wildman–Crippen MR) is 73.5 cm³/mol. The zero-order valence-corrected chi connectivity index (χ0v) is 11.6. The highest BCUT2D eigenvalue weighted by Gasteiger charge is 2.31. The van der Waals surface area contributed by atoms with Crippen molar-refractivity contribution in [3.8, 4) is 0 Å². The van der Waals surface area contributed by atoms with Gasteiger partial charge in [0.15, 0.2) is 0 Å². The molecule has 1 N–H and O–H groups in total. The third-order valence-corrected chi connectivity index (χ3v) is 5.55. The maximum absolute atomic E-state index is 13.6. The Hall–Kier alpha value is -0.560. The van der Waals surface area contributed by atoms with Gasteiger partial charge >= 0.3 is 6.18 Å². The predicted octanol–water partition coefficient (Wildman–Crippen LogP) is 4.11.